The molecule has 0 aliphatic carbocycles. The van der Waals surface area contributed by atoms with Crippen molar-refractivity contribution in [3.8, 4) is 11.4 Å². The molecule has 0 unspecified atom stereocenters. The molecule has 3 aromatic rings. The topological polar surface area (TPSA) is 67.5 Å². The molecule has 6 heteroatoms. The number of carboxylic acids is 1. The third-order valence-electron chi connectivity index (χ3n) is 2.76. The van der Waals surface area contributed by atoms with Crippen LogP contribution in [0.25, 0.3) is 17.0 Å². The molecule has 3 rings (SSSR count). The summed E-state index contributed by atoms with van der Waals surface area (Å²) < 4.78 is 15.1. The summed E-state index contributed by atoms with van der Waals surface area (Å²) in [6, 6.07) is 10.6. The van der Waals surface area contributed by atoms with Gasteiger partial charge in [-0.15, -0.1) is 10.2 Å². The summed E-state index contributed by atoms with van der Waals surface area (Å²) >= 11 is 0. The number of hydrogen-bond acceptors (Lipinski definition) is 3. The van der Waals surface area contributed by atoms with Crippen LogP contribution in [0, 0.1) is 5.82 Å². The van der Waals surface area contributed by atoms with E-state index in [9.17, 15) is 14.3 Å². The monoisotopic (exact) mass is 257 g/mol. The third kappa shape index (κ3) is 1.74. The molecule has 19 heavy (non-hydrogen) atoms. The van der Waals surface area contributed by atoms with Crippen molar-refractivity contribution in [3.05, 3.63) is 54.0 Å². The molecule has 2 aromatic heterocycles. The molecular formula is C13H8FN3O2. The highest BCUT2D eigenvalue weighted by Gasteiger charge is 2.17. The lowest BCUT2D eigenvalue weighted by Gasteiger charge is -2.04. The number of aromatic carboxylic acids is 1. The van der Waals surface area contributed by atoms with E-state index < -0.39 is 11.8 Å². The maximum atomic E-state index is 13.8. The molecular weight excluding hydrogens is 249 g/mol. The van der Waals surface area contributed by atoms with Crippen molar-refractivity contribution in [2.45, 2.75) is 0 Å². The van der Waals surface area contributed by atoms with Crippen molar-refractivity contribution in [2.75, 3.05) is 0 Å². The van der Waals surface area contributed by atoms with E-state index >= 15 is 0 Å². The van der Waals surface area contributed by atoms with Crippen LogP contribution in [0.3, 0.4) is 0 Å². The molecule has 0 aliphatic rings. The Bertz CT molecular complexity index is 782. The zero-order valence-corrected chi connectivity index (χ0v) is 9.62. The van der Waals surface area contributed by atoms with Crippen molar-refractivity contribution in [3.63, 3.8) is 0 Å². The SMILES string of the molecule is O=C(O)c1cccc2nnc(-c3ccccc3F)n12. The third-order valence-corrected chi connectivity index (χ3v) is 2.76. The predicted molar refractivity (Wildman–Crippen MR) is 65.3 cm³/mol. The van der Waals surface area contributed by atoms with E-state index in [4.69, 9.17) is 0 Å². The number of nitrogens with zero attached hydrogens (tertiary/aromatic N) is 3. The minimum atomic E-state index is -1.12. The minimum absolute atomic E-state index is 0.0132. The average Bonchev–Trinajstić information content (AvgIpc) is 2.82. The van der Waals surface area contributed by atoms with Gasteiger partial charge in [-0.1, -0.05) is 18.2 Å². The Labute approximate surface area is 107 Å². The van der Waals surface area contributed by atoms with E-state index in [1.165, 1.54) is 22.6 Å². The van der Waals surface area contributed by atoms with Crippen molar-refractivity contribution >= 4 is 11.6 Å². The van der Waals surface area contributed by atoms with Crippen molar-refractivity contribution in [1.29, 1.82) is 0 Å². The number of carboxylic acid groups (broad SMARTS) is 1. The molecule has 0 radical (unpaired) electrons. The number of pyridine rings is 1. The largest absolute Gasteiger partial charge is 0.477 e. The summed E-state index contributed by atoms with van der Waals surface area (Å²) in [5.74, 6) is -1.42. The first-order valence-corrected chi connectivity index (χ1v) is 5.51. The van der Waals surface area contributed by atoms with Gasteiger partial charge in [-0.25, -0.2) is 9.18 Å². The van der Waals surface area contributed by atoms with Crippen LogP contribution in [0.4, 0.5) is 4.39 Å². The van der Waals surface area contributed by atoms with E-state index in [1.54, 1.807) is 24.3 Å². The highest BCUT2D eigenvalue weighted by Crippen LogP contribution is 2.22. The quantitative estimate of drug-likeness (QED) is 0.764. The van der Waals surface area contributed by atoms with Crippen molar-refractivity contribution in [1.82, 2.24) is 14.6 Å². The zero-order chi connectivity index (χ0) is 13.4. The normalized spacial score (nSPS) is 10.8. The van der Waals surface area contributed by atoms with Crippen LogP contribution < -0.4 is 0 Å². The van der Waals surface area contributed by atoms with E-state index in [-0.39, 0.29) is 17.1 Å². The Kier molecular flexibility index (Phi) is 2.49. The van der Waals surface area contributed by atoms with Crippen molar-refractivity contribution in [2.24, 2.45) is 0 Å². The Morgan fingerprint density at radius 2 is 1.89 bits per heavy atom. The molecule has 0 amide bonds. The lowest BCUT2D eigenvalue weighted by Crippen LogP contribution is -2.06. The summed E-state index contributed by atoms with van der Waals surface area (Å²) in [5, 5.41) is 16.9. The average molecular weight is 257 g/mol. The van der Waals surface area contributed by atoms with Gasteiger partial charge in [-0.2, -0.15) is 0 Å². The summed E-state index contributed by atoms with van der Waals surface area (Å²) in [6.45, 7) is 0. The number of rotatable bonds is 2. The molecule has 2 heterocycles. The fraction of sp³-hybridized carbons (Fsp3) is 0. The predicted octanol–water partition coefficient (Wildman–Crippen LogP) is 2.23. The molecule has 0 bridgehead atoms. The molecule has 1 aromatic carbocycles. The van der Waals surface area contributed by atoms with E-state index in [0.717, 1.165) is 0 Å². The summed E-state index contributed by atoms with van der Waals surface area (Å²) in [6.07, 6.45) is 0. The summed E-state index contributed by atoms with van der Waals surface area (Å²) in [7, 11) is 0. The van der Waals surface area contributed by atoms with Crippen LogP contribution in [-0.4, -0.2) is 25.7 Å². The first kappa shape index (κ1) is 11.3. The van der Waals surface area contributed by atoms with E-state index in [0.29, 0.717) is 5.65 Å². The molecule has 0 saturated heterocycles. The number of carbonyl (C=O) groups is 1. The minimum Gasteiger partial charge on any atom is -0.477 e. The van der Waals surface area contributed by atoms with Gasteiger partial charge in [0.25, 0.3) is 0 Å². The summed E-state index contributed by atoms with van der Waals surface area (Å²) in [4.78, 5) is 11.2. The van der Waals surface area contributed by atoms with E-state index in [1.807, 2.05) is 0 Å². The second-order valence-electron chi connectivity index (χ2n) is 3.91. The highest BCUT2D eigenvalue weighted by atomic mass is 19.1. The second kappa shape index (κ2) is 4.16. The van der Waals surface area contributed by atoms with Gasteiger partial charge in [-0.05, 0) is 24.3 Å². The van der Waals surface area contributed by atoms with Crippen LogP contribution in [-0.2, 0) is 0 Å². The van der Waals surface area contributed by atoms with Gasteiger partial charge in [0.15, 0.2) is 11.5 Å². The van der Waals surface area contributed by atoms with Crippen LogP contribution in [0.1, 0.15) is 10.5 Å². The highest BCUT2D eigenvalue weighted by molar-refractivity contribution is 5.87. The van der Waals surface area contributed by atoms with E-state index in [2.05, 4.69) is 10.2 Å². The van der Waals surface area contributed by atoms with Gasteiger partial charge < -0.3 is 5.11 Å². The standard InChI is InChI=1S/C13H8FN3O2/c14-9-5-2-1-4-8(9)12-16-15-11-7-3-6-10(13(18)19)17(11)12/h1-7H,(H,18,19). The summed E-state index contributed by atoms with van der Waals surface area (Å²) in [5.41, 5.74) is 0.558. The number of fused-ring (bicyclic) bond motifs is 1. The Morgan fingerprint density at radius 1 is 1.11 bits per heavy atom. The molecule has 1 N–H and O–H groups in total. The second-order valence-corrected chi connectivity index (χ2v) is 3.91. The fourth-order valence-electron chi connectivity index (χ4n) is 1.93. The molecule has 0 saturated carbocycles. The van der Waals surface area contributed by atoms with Crippen molar-refractivity contribution < 1.29 is 14.3 Å². The van der Waals surface area contributed by atoms with Crippen LogP contribution >= 0.6 is 0 Å². The molecule has 0 aliphatic heterocycles. The zero-order valence-electron chi connectivity index (χ0n) is 9.62. The molecule has 0 atom stereocenters. The first-order valence-electron chi connectivity index (χ1n) is 5.51. The molecule has 0 spiro atoms. The Morgan fingerprint density at radius 3 is 2.63 bits per heavy atom. The van der Waals surface area contributed by atoms with Crippen LogP contribution in [0.5, 0.6) is 0 Å². The lowest BCUT2D eigenvalue weighted by molar-refractivity contribution is 0.0689. The molecule has 94 valence electrons. The van der Waals surface area contributed by atoms with Gasteiger partial charge in [0.2, 0.25) is 0 Å². The Hall–Kier alpha value is -2.76. The number of benzene rings is 1. The molecule has 5 nitrogen and oxygen atoms in total. The van der Waals surface area contributed by atoms with Gasteiger partial charge in [-0.3, -0.25) is 4.40 Å². The van der Waals surface area contributed by atoms with Gasteiger partial charge in [0.05, 0.1) is 5.56 Å². The smallest absolute Gasteiger partial charge is 0.352 e. The Balaban J connectivity index is 2.37. The van der Waals surface area contributed by atoms with Crippen LogP contribution in [0.15, 0.2) is 42.5 Å². The maximum Gasteiger partial charge on any atom is 0.352 e. The first-order chi connectivity index (χ1) is 9.18. The van der Waals surface area contributed by atoms with Gasteiger partial charge in [0.1, 0.15) is 11.5 Å². The van der Waals surface area contributed by atoms with Crippen LogP contribution in [0.2, 0.25) is 0 Å². The molecule has 0 fully saturated rings. The number of hydrogen-bond donors (Lipinski definition) is 1. The fourth-order valence-corrected chi connectivity index (χ4v) is 1.93. The van der Waals surface area contributed by atoms with Gasteiger partial charge >= 0.3 is 5.97 Å². The lowest BCUT2D eigenvalue weighted by atomic mass is 10.2. The maximum absolute atomic E-state index is 13.8. The number of halogens is 1. The van der Waals surface area contributed by atoms with Gasteiger partial charge in [0, 0.05) is 0 Å². The number of aromatic nitrogens is 3.